The van der Waals surface area contributed by atoms with Crippen LogP contribution in [0.15, 0.2) is 42.5 Å². The Morgan fingerprint density at radius 2 is 2.05 bits per heavy atom. The topological polar surface area (TPSA) is 50.1 Å². The van der Waals surface area contributed by atoms with E-state index in [2.05, 4.69) is 6.07 Å². The van der Waals surface area contributed by atoms with Crippen molar-refractivity contribution in [2.45, 2.75) is 6.61 Å². The van der Waals surface area contributed by atoms with Gasteiger partial charge < -0.3 is 4.74 Å². The van der Waals surface area contributed by atoms with Gasteiger partial charge in [0.2, 0.25) is 0 Å². The summed E-state index contributed by atoms with van der Waals surface area (Å²) in [6.07, 6.45) is 0.692. The van der Waals surface area contributed by atoms with E-state index in [-0.39, 0.29) is 6.61 Å². The van der Waals surface area contributed by atoms with Gasteiger partial charge in [-0.3, -0.25) is 4.79 Å². The minimum atomic E-state index is 0.228. The minimum absolute atomic E-state index is 0.228. The Morgan fingerprint density at radius 3 is 2.79 bits per heavy atom. The summed E-state index contributed by atoms with van der Waals surface area (Å²) in [5, 5.41) is 9.45. The molecule has 0 aliphatic heterocycles. The van der Waals surface area contributed by atoms with E-state index in [9.17, 15) is 4.79 Å². The molecule has 0 radical (unpaired) electrons. The summed E-state index contributed by atoms with van der Waals surface area (Å²) in [6.45, 7) is 0.228. The maximum atomic E-state index is 10.9. The maximum absolute atomic E-state index is 10.9. The molecule has 0 heterocycles. The van der Waals surface area contributed by atoms with E-state index in [0.29, 0.717) is 28.2 Å². The van der Waals surface area contributed by atoms with Gasteiger partial charge in [0.15, 0.2) is 6.29 Å². The van der Waals surface area contributed by atoms with Gasteiger partial charge in [-0.15, -0.1) is 0 Å². The van der Waals surface area contributed by atoms with Crippen LogP contribution in [-0.4, -0.2) is 6.29 Å². The predicted molar refractivity (Wildman–Crippen MR) is 72.3 cm³/mol. The molecule has 0 saturated heterocycles. The van der Waals surface area contributed by atoms with Crippen molar-refractivity contribution in [2.75, 3.05) is 0 Å². The van der Waals surface area contributed by atoms with E-state index in [1.807, 2.05) is 12.1 Å². The molecule has 0 aliphatic rings. The third kappa shape index (κ3) is 3.12. The van der Waals surface area contributed by atoms with Gasteiger partial charge in [0.1, 0.15) is 12.4 Å². The first-order chi connectivity index (χ1) is 9.24. The summed E-state index contributed by atoms with van der Waals surface area (Å²) in [5.74, 6) is 0.451. The summed E-state index contributed by atoms with van der Waals surface area (Å²) in [4.78, 5) is 10.9. The number of ether oxygens (including phenoxy) is 1. The van der Waals surface area contributed by atoms with E-state index in [0.717, 1.165) is 5.56 Å². The highest BCUT2D eigenvalue weighted by molar-refractivity contribution is 6.30. The molecule has 19 heavy (non-hydrogen) atoms. The molecule has 0 bridgehead atoms. The van der Waals surface area contributed by atoms with E-state index in [4.69, 9.17) is 21.6 Å². The number of carbonyl (C=O) groups excluding carboxylic acids is 1. The molecule has 0 atom stereocenters. The second-order valence-corrected chi connectivity index (χ2v) is 4.29. The fourth-order valence-electron chi connectivity index (χ4n) is 1.65. The number of carbonyl (C=O) groups is 1. The second kappa shape index (κ2) is 6.03. The van der Waals surface area contributed by atoms with Crippen molar-refractivity contribution in [3.8, 4) is 11.8 Å². The fourth-order valence-corrected chi connectivity index (χ4v) is 1.83. The molecular formula is C15H10ClNO2. The Morgan fingerprint density at radius 1 is 1.26 bits per heavy atom. The predicted octanol–water partition coefficient (Wildman–Crippen LogP) is 3.60. The normalized spacial score (nSPS) is 9.68. The Hall–Kier alpha value is -2.31. The number of hydrogen-bond donors (Lipinski definition) is 0. The minimum Gasteiger partial charge on any atom is -0.488 e. The van der Waals surface area contributed by atoms with Gasteiger partial charge in [-0.25, -0.2) is 0 Å². The van der Waals surface area contributed by atoms with Crippen LogP contribution >= 0.6 is 11.6 Å². The molecule has 0 aromatic heterocycles. The van der Waals surface area contributed by atoms with Crippen LogP contribution in [0.1, 0.15) is 21.5 Å². The summed E-state index contributed by atoms with van der Waals surface area (Å²) in [6, 6.07) is 14.1. The summed E-state index contributed by atoms with van der Waals surface area (Å²) in [5.41, 5.74) is 1.72. The van der Waals surface area contributed by atoms with Gasteiger partial charge in [0.05, 0.1) is 17.2 Å². The van der Waals surface area contributed by atoms with Crippen molar-refractivity contribution in [1.29, 1.82) is 5.26 Å². The average Bonchev–Trinajstić information content (AvgIpc) is 2.46. The molecule has 94 valence electrons. The first-order valence-corrected chi connectivity index (χ1v) is 5.98. The van der Waals surface area contributed by atoms with Crippen LogP contribution in [0.2, 0.25) is 5.02 Å². The number of halogens is 1. The maximum Gasteiger partial charge on any atom is 0.153 e. The zero-order chi connectivity index (χ0) is 13.7. The molecule has 2 aromatic rings. The molecule has 3 nitrogen and oxygen atoms in total. The zero-order valence-corrected chi connectivity index (χ0v) is 10.7. The SMILES string of the molecule is N#Cc1ccccc1COc1ccc(Cl)cc1C=O. The largest absolute Gasteiger partial charge is 0.488 e. The van der Waals surface area contributed by atoms with Crippen LogP contribution in [0.4, 0.5) is 0 Å². The Kier molecular flexibility index (Phi) is 4.17. The number of aldehydes is 1. The Bertz CT molecular complexity index is 647. The molecule has 0 N–H and O–H groups in total. The highest BCUT2D eigenvalue weighted by Crippen LogP contribution is 2.22. The van der Waals surface area contributed by atoms with Crippen LogP contribution in [-0.2, 0) is 6.61 Å². The average molecular weight is 272 g/mol. The number of benzene rings is 2. The molecule has 0 spiro atoms. The molecule has 0 unspecified atom stereocenters. The highest BCUT2D eigenvalue weighted by atomic mass is 35.5. The van der Waals surface area contributed by atoms with Crippen LogP contribution in [0.25, 0.3) is 0 Å². The number of nitrogens with zero attached hydrogens (tertiary/aromatic N) is 1. The molecule has 0 saturated carbocycles. The van der Waals surface area contributed by atoms with Crippen LogP contribution in [0.5, 0.6) is 5.75 Å². The van der Waals surface area contributed by atoms with Crippen molar-refractivity contribution in [3.05, 3.63) is 64.2 Å². The quantitative estimate of drug-likeness (QED) is 0.798. The van der Waals surface area contributed by atoms with Crippen molar-refractivity contribution >= 4 is 17.9 Å². The molecule has 0 fully saturated rings. The van der Waals surface area contributed by atoms with Crippen molar-refractivity contribution < 1.29 is 9.53 Å². The molecular weight excluding hydrogens is 262 g/mol. The van der Waals surface area contributed by atoms with Crippen LogP contribution < -0.4 is 4.74 Å². The number of rotatable bonds is 4. The Balaban J connectivity index is 2.19. The van der Waals surface area contributed by atoms with E-state index in [1.54, 1.807) is 30.3 Å². The standard InChI is InChI=1S/C15H10ClNO2/c16-14-5-6-15(13(7-14)9-18)19-10-12-4-2-1-3-11(12)8-17/h1-7,9H,10H2. The van der Waals surface area contributed by atoms with Gasteiger partial charge in [-0.05, 0) is 24.3 Å². The van der Waals surface area contributed by atoms with Gasteiger partial charge in [-0.2, -0.15) is 5.26 Å². The summed E-state index contributed by atoms with van der Waals surface area (Å²) >= 11 is 5.80. The monoisotopic (exact) mass is 271 g/mol. The van der Waals surface area contributed by atoms with E-state index >= 15 is 0 Å². The summed E-state index contributed by atoms with van der Waals surface area (Å²) in [7, 11) is 0. The first-order valence-electron chi connectivity index (χ1n) is 5.60. The fraction of sp³-hybridized carbons (Fsp3) is 0.0667. The van der Waals surface area contributed by atoms with Crippen molar-refractivity contribution in [3.63, 3.8) is 0 Å². The first kappa shape index (κ1) is 13.1. The van der Waals surface area contributed by atoms with Gasteiger partial charge in [0, 0.05) is 10.6 Å². The van der Waals surface area contributed by atoms with E-state index < -0.39 is 0 Å². The molecule has 0 amide bonds. The lowest BCUT2D eigenvalue weighted by Gasteiger charge is -2.09. The van der Waals surface area contributed by atoms with Gasteiger partial charge in [-0.1, -0.05) is 29.8 Å². The molecule has 0 aliphatic carbocycles. The number of nitriles is 1. The highest BCUT2D eigenvalue weighted by Gasteiger charge is 2.06. The molecule has 2 rings (SSSR count). The lowest BCUT2D eigenvalue weighted by molar-refractivity contribution is 0.111. The zero-order valence-electron chi connectivity index (χ0n) is 9.97. The second-order valence-electron chi connectivity index (χ2n) is 3.86. The third-order valence-corrected chi connectivity index (χ3v) is 2.85. The van der Waals surface area contributed by atoms with Crippen LogP contribution in [0.3, 0.4) is 0 Å². The smallest absolute Gasteiger partial charge is 0.153 e. The number of hydrogen-bond acceptors (Lipinski definition) is 3. The van der Waals surface area contributed by atoms with Gasteiger partial charge in [0.25, 0.3) is 0 Å². The Labute approximate surface area is 116 Å². The van der Waals surface area contributed by atoms with Crippen molar-refractivity contribution in [2.24, 2.45) is 0 Å². The molecule has 2 aromatic carbocycles. The summed E-state index contributed by atoms with van der Waals surface area (Å²) < 4.78 is 5.57. The van der Waals surface area contributed by atoms with E-state index in [1.165, 1.54) is 0 Å². The van der Waals surface area contributed by atoms with Crippen molar-refractivity contribution in [1.82, 2.24) is 0 Å². The lowest BCUT2D eigenvalue weighted by atomic mass is 10.1. The lowest BCUT2D eigenvalue weighted by Crippen LogP contribution is -2.00. The van der Waals surface area contributed by atoms with Gasteiger partial charge >= 0.3 is 0 Å². The third-order valence-electron chi connectivity index (χ3n) is 2.62. The van der Waals surface area contributed by atoms with Crippen LogP contribution in [0, 0.1) is 11.3 Å². The molecule has 4 heteroatoms.